The lowest BCUT2D eigenvalue weighted by Crippen LogP contribution is -2.20. The second-order valence-electron chi connectivity index (χ2n) is 6.83. The van der Waals surface area contributed by atoms with Gasteiger partial charge in [0, 0.05) is 5.69 Å². The summed E-state index contributed by atoms with van der Waals surface area (Å²) in [7, 11) is 1.44. The Morgan fingerprint density at radius 1 is 1.24 bits per heavy atom. The minimum atomic E-state index is -1.07. The molecule has 1 aromatic heterocycles. The predicted molar refractivity (Wildman–Crippen MR) is 120 cm³/mol. The van der Waals surface area contributed by atoms with Crippen LogP contribution < -0.4 is 20.3 Å². The molecule has 3 rings (SSSR count). The average molecular weight is 452 g/mol. The van der Waals surface area contributed by atoms with Crippen LogP contribution >= 0.6 is 0 Å². The third kappa shape index (κ3) is 5.94. The molecular weight excluding hydrogens is 432 g/mol. The van der Waals surface area contributed by atoms with Crippen molar-refractivity contribution in [3.05, 3.63) is 79.9 Å². The minimum absolute atomic E-state index is 0.0739. The number of benzene rings is 2. The van der Waals surface area contributed by atoms with Crippen molar-refractivity contribution in [1.29, 1.82) is 0 Å². The van der Waals surface area contributed by atoms with Crippen molar-refractivity contribution < 1.29 is 24.3 Å². The third-order valence-corrected chi connectivity index (χ3v) is 4.36. The van der Waals surface area contributed by atoms with E-state index in [0.717, 1.165) is 5.56 Å². The number of anilines is 1. The molecule has 11 nitrogen and oxygen atoms in total. The number of aromatic amines is 1. The lowest BCUT2D eigenvalue weighted by atomic mass is 10.2. The Morgan fingerprint density at radius 3 is 2.70 bits per heavy atom. The molecule has 0 saturated carbocycles. The van der Waals surface area contributed by atoms with E-state index in [0.29, 0.717) is 22.7 Å². The highest BCUT2D eigenvalue weighted by atomic mass is 16.6. The highest BCUT2D eigenvalue weighted by Gasteiger charge is 2.21. The molecule has 33 heavy (non-hydrogen) atoms. The number of aromatic hydroxyl groups is 1. The van der Waals surface area contributed by atoms with Crippen LogP contribution in [0.4, 0.5) is 11.4 Å². The number of methoxy groups -OCH3 is 1. The number of carbonyl (C=O) groups excluding carboxylic acids is 1. The molecule has 2 aromatic carbocycles. The van der Waals surface area contributed by atoms with E-state index in [2.05, 4.69) is 15.3 Å². The molecule has 0 unspecified atom stereocenters. The SMILES string of the molecule is COc1cc(/C=C\c2nc(O)c([N+](=O)[O-])c(=O)[nH]2)ccc1OCC(=O)Nc1cccc(C)c1. The second-order valence-corrected chi connectivity index (χ2v) is 6.83. The number of nitro groups is 1. The molecule has 0 aliphatic rings. The summed E-state index contributed by atoms with van der Waals surface area (Å²) in [5.41, 5.74) is 0.199. The van der Waals surface area contributed by atoms with Crippen molar-refractivity contribution in [3.8, 4) is 17.4 Å². The normalized spacial score (nSPS) is 10.7. The zero-order valence-corrected chi connectivity index (χ0v) is 17.7. The summed E-state index contributed by atoms with van der Waals surface area (Å²) in [5, 5.41) is 23.1. The van der Waals surface area contributed by atoms with Crippen molar-refractivity contribution in [1.82, 2.24) is 9.97 Å². The van der Waals surface area contributed by atoms with Crippen LogP contribution in [0.15, 0.2) is 47.3 Å². The summed E-state index contributed by atoms with van der Waals surface area (Å²) >= 11 is 0. The van der Waals surface area contributed by atoms with Crippen LogP contribution in [0.1, 0.15) is 17.0 Å². The number of H-pyrrole nitrogens is 1. The van der Waals surface area contributed by atoms with Crippen molar-refractivity contribution in [2.45, 2.75) is 6.92 Å². The summed E-state index contributed by atoms with van der Waals surface area (Å²) < 4.78 is 10.9. The molecule has 0 spiro atoms. The molecule has 3 aromatic rings. The van der Waals surface area contributed by atoms with Gasteiger partial charge in [0.2, 0.25) is 0 Å². The van der Waals surface area contributed by atoms with Gasteiger partial charge in [0.25, 0.3) is 11.8 Å². The van der Waals surface area contributed by atoms with Crippen molar-refractivity contribution >= 4 is 29.4 Å². The number of rotatable bonds is 8. The third-order valence-electron chi connectivity index (χ3n) is 4.36. The van der Waals surface area contributed by atoms with Gasteiger partial charge >= 0.3 is 11.2 Å². The molecular formula is C22H20N4O7. The second kappa shape index (κ2) is 10.1. The fourth-order valence-electron chi connectivity index (χ4n) is 2.86. The van der Waals surface area contributed by atoms with Gasteiger partial charge in [-0.1, -0.05) is 24.3 Å². The summed E-state index contributed by atoms with van der Waals surface area (Å²) in [6, 6.07) is 12.3. The molecule has 0 fully saturated rings. The Balaban J connectivity index is 1.69. The number of nitrogens with one attached hydrogen (secondary N) is 2. The molecule has 3 N–H and O–H groups in total. The first-order valence-corrected chi connectivity index (χ1v) is 9.60. The summed E-state index contributed by atoms with van der Waals surface area (Å²) in [6.07, 6.45) is 2.90. The average Bonchev–Trinajstić information content (AvgIpc) is 2.75. The summed E-state index contributed by atoms with van der Waals surface area (Å²) in [4.78, 5) is 39.4. The maximum Gasteiger partial charge on any atom is 0.395 e. The number of ether oxygens (including phenoxy) is 2. The predicted octanol–water partition coefficient (Wildman–Crippen LogP) is 2.89. The lowest BCUT2D eigenvalue weighted by Gasteiger charge is -2.12. The highest BCUT2D eigenvalue weighted by molar-refractivity contribution is 5.92. The molecule has 0 atom stereocenters. The van der Waals surface area contributed by atoms with Gasteiger partial charge in [0.05, 0.1) is 12.0 Å². The van der Waals surface area contributed by atoms with Gasteiger partial charge in [0.1, 0.15) is 5.82 Å². The van der Waals surface area contributed by atoms with E-state index in [4.69, 9.17) is 9.47 Å². The minimum Gasteiger partial charge on any atom is -0.493 e. The first-order chi connectivity index (χ1) is 15.8. The smallest absolute Gasteiger partial charge is 0.395 e. The highest BCUT2D eigenvalue weighted by Crippen LogP contribution is 2.29. The van der Waals surface area contributed by atoms with Crippen LogP contribution in [-0.2, 0) is 4.79 Å². The molecule has 0 aliphatic heterocycles. The number of aromatic nitrogens is 2. The van der Waals surface area contributed by atoms with E-state index in [1.807, 2.05) is 25.1 Å². The van der Waals surface area contributed by atoms with Crippen molar-refractivity contribution in [3.63, 3.8) is 0 Å². The number of hydrogen-bond acceptors (Lipinski definition) is 8. The quantitative estimate of drug-likeness (QED) is 0.348. The van der Waals surface area contributed by atoms with E-state index in [9.17, 15) is 24.8 Å². The molecule has 0 bridgehead atoms. The van der Waals surface area contributed by atoms with Crippen LogP contribution in [-0.4, -0.2) is 39.6 Å². The Kier molecular flexibility index (Phi) is 7.03. The molecule has 0 radical (unpaired) electrons. The van der Waals surface area contributed by atoms with E-state index in [1.165, 1.54) is 13.2 Å². The lowest BCUT2D eigenvalue weighted by molar-refractivity contribution is -0.387. The van der Waals surface area contributed by atoms with Crippen LogP contribution in [0.3, 0.4) is 0 Å². The molecule has 0 aliphatic carbocycles. The Labute approximate surface area is 187 Å². The van der Waals surface area contributed by atoms with Gasteiger partial charge in [-0.05, 0) is 48.4 Å². The van der Waals surface area contributed by atoms with Gasteiger partial charge in [-0.2, -0.15) is 4.98 Å². The zero-order valence-electron chi connectivity index (χ0n) is 17.7. The van der Waals surface area contributed by atoms with Crippen LogP contribution in [0.5, 0.6) is 17.4 Å². The van der Waals surface area contributed by atoms with Gasteiger partial charge in [0.15, 0.2) is 18.1 Å². The Hall–Kier alpha value is -4.67. The van der Waals surface area contributed by atoms with Crippen LogP contribution in [0.2, 0.25) is 0 Å². The molecule has 11 heteroatoms. The van der Waals surface area contributed by atoms with E-state index >= 15 is 0 Å². The number of hydrogen-bond donors (Lipinski definition) is 3. The standard InChI is InChI=1S/C22H20N4O7/c1-13-4-3-5-15(10-13)23-19(27)12-33-16-8-6-14(11-17(16)32-2)7-9-18-24-21(28)20(26(30)31)22(29)25-18/h3-11H,12H2,1-2H3,(H,23,27)(H2,24,25,28,29)/b9-7-. The first-order valence-electron chi connectivity index (χ1n) is 9.60. The van der Waals surface area contributed by atoms with Crippen LogP contribution in [0.25, 0.3) is 12.2 Å². The number of nitrogens with zero attached hydrogens (tertiary/aromatic N) is 2. The summed E-state index contributed by atoms with van der Waals surface area (Å²) in [5.74, 6) is -0.689. The maximum absolute atomic E-state index is 12.2. The Bertz CT molecular complexity index is 1280. The van der Waals surface area contributed by atoms with E-state index < -0.39 is 22.0 Å². The van der Waals surface area contributed by atoms with Gasteiger partial charge in [-0.25, -0.2) is 0 Å². The van der Waals surface area contributed by atoms with Crippen molar-refractivity contribution in [2.24, 2.45) is 0 Å². The maximum atomic E-state index is 12.2. The topological polar surface area (TPSA) is 157 Å². The number of aryl methyl sites for hydroxylation is 1. The number of carbonyl (C=O) groups is 1. The van der Waals surface area contributed by atoms with Gasteiger partial charge in [-0.15, -0.1) is 0 Å². The van der Waals surface area contributed by atoms with Crippen LogP contribution in [0, 0.1) is 17.0 Å². The van der Waals surface area contributed by atoms with E-state index in [-0.39, 0.29) is 18.3 Å². The largest absolute Gasteiger partial charge is 0.493 e. The molecule has 1 amide bonds. The monoisotopic (exact) mass is 452 g/mol. The van der Waals surface area contributed by atoms with Gasteiger partial charge < -0.3 is 24.9 Å². The molecule has 170 valence electrons. The number of amides is 1. The zero-order chi connectivity index (χ0) is 24.0. The fraction of sp³-hybridized carbons (Fsp3) is 0.136. The van der Waals surface area contributed by atoms with Gasteiger partial charge in [-0.3, -0.25) is 19.7 Å². The molecule has 1 heterocycles. The first kappa shape index (κ1) is 23.0. The van der Waals surface area contributed by atoms with Crippen molar-refractivity contribution in [2.75, 3.05) is 19.0 Å². The Morgan fingerprint density at radius 2 is 2.03 bits per heavy atom. The van der Waals surface area contributed by atoms with E-state index in [1.54, 1.807) is 30.3 Å². The summed E-state index contributed by atoms with van der Waals surface area (Å²) in [6.45, 7) is 1.69. The fourth-order valence-corrected chi connectivity index (χ4v) is 2.86. The molecule has 0 saturated heterocycles.